The van der Waals surface area contributed by atoms with Crippen molar-refractivity contribution in [3.8, 4) is 5.69 Å². The van der Waals surface area contributed by atoms with Gasteiger partial charge in [-0.3, -0.25) is 0 Å². The van der Waals surface area contributed by atoms with Gasteiger partial charge in [-0.25, -0.2) is 9.97 Å². The van der Waals surface area contributed by atoms with E-state index in [0.717, 1.165) is 34.2 Å². The first-order chi connectivity index (χ1) is 14.0. The van der Waals surface area contributed by atoms with Crippen LogP contribution in [0, 0.1) is 6.92 Å². The van der Waals surface area contributed by atoms with E-state index in [1.165, 1.54) is 5.56 Å². The van der Waals surface area contributed by atoms with Gasteiger partial charge in [0.05, 0.1) is 11.4 Å². The van der Waals surface area contributed by atoms with Gasteiger partial charge in [0.25, 0.3) is 0 Å². The van der Waals surface area contributed by atoms with Gasteiger partial charge in [0.2, 0.25) is 0 Å². The molecule has 156 valence electrons. The molecule has 0 saturated heterocycles. The molecule has 2 heterocycles. The molecule has 0 N–H and O–H groups in total. The zero-order valence-corrected chi connectivity index (χ0v) is 19.2. The minimum Gasteiger partial charge on any atom is -0.385 e. The first-order valence-electron chi connectivity index (χ1n) is 9.83. The van der Waals surface area contributed by atoms with Crippen molar-refractivity contribution in [2.24, 2.45) is 0 Å². The van der Waals surface area contributed by atoms with E-state index in [1.807, 2.05) is 6.92 Å². The van der Waals surface area contributed by atoms with Crippen LogP contribution in [0.15, 0.2) is 22.7 Å². The monoisotopic (exact) mass is 461 g/mol. The number of aryl methyl sites for hydroxylation is 1. The lowest BCUT2D eigenvalue weighted by Gasteiger charge is -2.16. The van der Waals surface area contributed by atoms with Crippen molar-refractivity contribution in [2.75, 3.05) is 27.4 Å². The van der Waals surface area contributed by atoms with Crippen molar-refractivity contribution in [3.05, 3.63) is 39.8 Å². The van der Waals surface area contributed by atoms with Gasteiger partial charge < -0.3 is 9.47 Å². The summed E-state index contributed by atoms with van der Waals surface area (Å²) < 4.78 is 13.4. The Bertz CT molecular complexity index is 965. The maximum Gasteiger partial charge on any atom is 0.187 e. The summed E-state index contributed by atoms with van der Waals surface area (Å²) in [7, 11) is 3.42. The molecule has 3 aromatic rings. The number of fused-ring (bicyclic) bond motifs is 1. The van der Waals surface area contributed by atoms with Crippen LogP contribution >= 0.6 is 15.9 Å². The number of rotatable bonds is 9. The highest BCUT2D eigenvalue weighted by molar-refractivity contribution is 9.10. The third-order valence-corrected chi connectivity index (χ3v) is 5.67. The smallest absolute Gasteiger partial charge is 0.187 e. The second-order valence-corrected chi connectivity index (χ2v) is 8.31. The van der Waals surface area contributed by atoms with Gasteiger partial charge in [0.1, 0.15) is 5.82 Å². The number of halogens is 1. The van der Waals surface area contributed by atoms with Crippen LogP contribution in [0.2, 0.25) is 0 Å². The summed E-state index contributed by atoms with van der Waals surface area (Å²) in [6.07, 6.45) is 1.68. The molecule has 0 unspecified atom stereocenters. The zero-order chi connectivity index (χ0) is 21.0. The Morgan fingerprint density at radius 1 is 1.07 bits per heavy atom. The molecule has 0 amide bonds. The Morgan fingerprint density at radius 2 is 1.76 bits per heavy atom. The summed E-state index contributed by atoms with van der Waals surface area (Å²) >= 11 is 3.69. The SMILES string of the molecule is COCCC(CCOC)c1nc(C)nc2c1nnn2-c1ccc(C(C)C)cc1Br. The quantitative estimate of drug-likeness (QED) is 0.464. The van der Waals surface area contributed by atoms with Gasteiger partial charge in [-0.05, 0) is 59.3 Å². The number of methoxy groups -OCH3 is 2. The van der Waals surface area contributed by atoms with Gasteiger partial charge in [-0.2, -0.15) is 4.68 Å². The highest BCUT2D eigenvalue weighted by Crippen LogP contribution is 2.31. The van der Waals surface area contributed by atoms with E-state index in [1.54, 1.807) is 18.9 Å². The van der Waals surface area contributed by atoms with E-state index in [0.29, 0.717) is 30.6 Å². The summed E-state index contributed by atoms with van der Waals surface area (Å²) in [5, 5.41) is 8.87. The first-order valence-corrected chi connectivity index (χ1v) is 10.6. The van der Waals surface area contributed by atoms with Gasteiger partial charge in [-0.15, -0.1) is 5.10 Å². The minimum atomic E-state index is 0.163. The number of ether oxygens (including phenoxy) is 2. The van der Waals surface area contributed by atoms with Crippen LogP contribution in [0.4, 0.5) is 0 Å². The van der Waals surface area contributed by atoms with E-state index in [9.17, 15) is 0 Å². The molecule has 3 rings (SSSR count). The lowest BCUT2D eigenvalue weighted by atomic mass is 9.97. The molecule has 7 nitrogen and oxygen atoms in total. The van der Waals surface area contributed by atoms with Crippen LogP contribution in [-0.2, 0) is 9.47 Å². The molecule has 0 atom stereocenters. The van der Waals surface area contributed by atoms with Crippen molar-refractivity contribution in [2.45, 2.75) is 45.4 Å². The molecule has 0 aliphatic carbocycles. The average Bonchev–Trinajstić information content (AvgIpc) is 3.11. The topological polar surface area (TPSA) is 75.0 Å². The molecular weight excluding hydrogens is 434 g/mol. The van der Waals surface area contributed by atoms with Crippen LogP contribution in [-0.4, -0.2) is 52.4 Å². The van der Waals surface area contributed by atoms with Crippen molar-refractivity contribution in [3.63, 3.8) is 0 Å². The highest BCUT2D eigenvalue weighted by Gasteiger charge is 2.22. The van der Waals surface area contributed by atoms with Crippen molar-refractivity contribution < 1.29 is 9.47 Å². The largest absolute Gasteiger partial charge is 0.385 e. The van der Waals surface area contributed by atoms with Crippen LogP contribution in [0.1, 0.15) is 55.6 Å². The Labute approximate surface area is 180 Å². The van der Waals surface area contributed by atoms with Gasteiger partial charge >= 0.3 is 0 Å². The number of nitrogens with zero attached hydrogens (tertiary/aromatic N) is 5. The number of hydrogen-bond acceptors (Lipinski definition) is 6. The molecule has 2 aromatic heterocycles. The van der Waals surface area contributed by atoms with Crippen molar-refractivity contribution in [1.29, 1.82) is 0 Å². The maximum atomic E-state index is 5.31. The Morgan fingerprint density at radius 3 is 2.34 bits per heavy atom. The highest BCUT2D eigenvalue weighted by atomic mass is 79.9. The van der Waals surface area contributed by atoms with Gasteiger partial charge in [0.15, 0.2) is 11.2 Å². The van der Waals surface area contributed by atoms with Crippen LogP contribution < -0.4 is 0 Å². The molecule has 8 heteroatoms. The maximum absolute atomic E-state index is 5.31. The van der Waals surface area contributed by atoms with Gasteiger partial charge in [0, 0.05) is 37.8 Å². The molecule has 1 aromatic carbocycles. The number of benzene rings is 1. The summed E-state index contributed by atoms with van der Waals surface area (Å²) in [6, 6.07) is 6.30. The molecule has 0 aliphatic heterocycles. The van der Waals surface area contributed by atoms with E-state index in [-0.39, 0.29) is 5.92 Å². The summed E-state index contributed by atoms with van der Waals surface area (Å²) in [4.78, 5) is 9.38. The normalized spacial score (nSPS) is 11.9. The predicted molar refractivity (Wildman–Crippen MR) is 117 cm³/mol. The summed E-state index contributed by atoms with van der Waals surface area (Å²) in [6.45, 7) is 7.55. The lowest BCUT2D eigenvalue weighted by Crippen LogP contribution is -2.11. The summed E-state index contributed by atoms with van der Waals surface area (Å²) in [5.41, 5.74) is 4.52. The lowest BCUT2D eigenvalue weighted by molar-refractivity contribution is 0.163. The minimum absolute atomic E-state index is 0.163. The van der Waals surface area contributed by atoms with Gasteiger partial charge in [-0.1, -0.05) is 25.1 Å². The van der Waals surface area contributed by atoms with E-state index >= 15 is 0 Å². The number of aromatic nitrogens is 5. The second-order valence-electron chi connectivity index (χ2n) is 7.45. The van der Waals surface area contributed by atoms with E-state index in [2.05, 4.69) is 63.3 Å². The molecule has 0 fully saturated rings. The second kappa shape index (κ2) is 9.73. The van der Waals surface area contributed by atoms with Crippen LogP contribution in [0.5, 0.6) is 0 Å². The van der Waals surface area contributed by atoms with Crippen molar-refractivity contribution in [1.82, 2.24) is 25.0 Å². The Kier molecular flexibility index (Phi) is 7.32. The molecule has 0 bridgehead atoms. The fourth-order valence-corrected chi connectivity index (χ4v) is 3.95. The molecule has 29 heavy (non-hydrogen) atoms. The first kappa shape index (κ1) is 21.8. The Hall–Kier alpha value is -1.90. The predicted octanol–water partition coefficient (Wildman–Crippen LogP) is 4.56. The fourth-order valence-electron chi connectivity index (χ4n) is 3.39. The molecular formula is C21H28BrN5O2. The molecule has 0 saturated carbocycles. The number of hydrogen-bond donors (Lipinski definition) is 0. The van der Waals surface area contributed by atoms with E-state index < -0.39 is 0 Å². The molecule has 0 spiro atoms. The summed E-state index contributed by atoms with van der Waals surface area (Å²) in [5.74, 6) is 1.31. The van der Waals surface area contributed by atoms with Crippen molar-refractivity contribution >= 4 is 27.1 Å². The van der Waals surface area contributed by atoms with Crippen LogP contribution in [0.25, 0.3) is 16.9 Å². The Balaban J connectivity index is 2.09. The fraction of sp³-hybridized carbons (Fsp3) is 0.524. The zero-order valence-electron chi connectivity index (χ0n) is 17.6. The molecule has 0 aliphatic rings. The molecule has 0 radical (unpaired) electrons. The third kappa shape index (κ3) is 4.82. The van der Waals surface area contributed by atoms with E-state index in [4.69, 9.17) is 14.5 Å². The standard InChI is InChI=1S/C21H28BrN5O2/c1-13(2)16-6-7-18(17(22)12-16)27-21-20(25-26-27)19(23-14(3)24-21)15(8-10-28-4)9-11-29-5/h6-7,12-13,15H,8-11H2,1-5H3. The third-order valence-electron chi connectivity index (χ3n) is 5.03. The van der Waals surface area contributed by atoms with Crippen LogP contribution in [0.3, 0.4) is 0 Å². The average molecular weight is 462 g/mol.